The standard InChI is InChI=1S/C12H18N2O3/c1-3-9-6-13-10(17-9)7-14-11(8-4-5-8)12(15)16-2/h6,8,11,14H,3-5,7H2,1-2H3. The van der Waals surface area contributed by atoms with Crippen LogP contribution in [0.15, 0.2) is 10.6 Å². The lowest BCUT2D eigenvalue weighted by atomic mass is 10.2. The van der Waals surface area contributed by atoms with E-state index in [2.05, 4.69) is 10.3 Å². The number of aryl methyl sites for hydroxylation is 1. The van der Waals surface area contributed by atoms with Gasteiger partial charge in [-0.05, 0) is 18.8 Å². The molecular formula is C12H18N2O3. The number of esters is 1. The van der Waals surface area contributed by atoms with E-state index in [0.29, 0.717) is 18.4 Å². The molecule has 2 rings (SSSR count). The summed E-state index contributed by atoms with van der Waals surface area (Å²) in [6.45, 7) is 2.48. The van der Waals surface area contributed by atoms with E-state index in [0.717, 1.165) is 25.0 Å². The smallest absolute Gasteiger partial charge is 0.323 e. The zero-order valence-corrected chi connectivity index (χ0v) is 10.2. The van der Waals surface area contributed by atoms with E-state index in [1.165, 1.54) is 7.11 Å². The first-order chi connectivity index (χ1) is 8.24. The van der Waals surface area contributed by atoms with Gasteiger partial charge in [0.05, 0.1) is 19.9 Å². The molecule has 1 unspecified atom stereocenters. The van der Waals surface area contributed by atoms with Gasteiger partial charge in [0.25, 0.3) is 0 Å². The van der Waals surface area contributed by atoms with Crippen LogP contribution in [-0.4, -0.2) is 24.1 Å². The molecule has 1 aliphatic rings. The number of hydrogen-bond acceptors (Lipinski definition) is 5. The van der Waals surface area contributed by atoms with Gasteiger partial charge in [0.2, 0.25) is 5.89 Å². The molecule has 17 heavy (non-hydrogen) atoms. The van der Waals surface area contributed by atoms with Crippen LogP contribution in [0.25, 0.3) is 0 Å². The fourth-order valence-corrected chi connectivity index (χ4v) is 1.79. The predicted octanol–water partition coefficient (Wildman–Crippen LogP) is 1.28. The van der Waals surface area contributed by atoms with Gasteiger partial charge >= 0.3 is 5.97 Å². The molecule has 1 aromatic rings. The van der Waals surface area contributed by atoms with Gasteiger partial charge in [0, 0.05) is 6.42 Å². The Balaban J connectivity index is 1.88. The molecule has 1 saturated carbocycles. The van der Waals surface area contributed by atoms with Gasteiger partial charge in [-0.15, -0.1) is 0 Å². The molecule has 94 valence electrons. The Morgan fingerprint density at radius 2 is 2.47 bits per heavy atom. The highest BCUT2D eigenvalue weighted by molar-refractivity contribution is 5.76. The lowest BCUT2D eigenvalue weighted by molar-refractivity contribution is -0.143. The SMILES string of the molecule is CCc1cnc(CNC(C(=O)OC)C2CC2)o1. The number of carbonyl (C=O) groups is 1. The summed E-state index contributed by atoms with van der Waals surface area (Å²) in [4.78, 5) is 15.7. The van der Waals surface area contributed by atoms with Crippen molar-refractivity contribution in [3.05, 3.63) is 17.8 Å². The third kappa shape index (κ3) is 3.06. The lowest BCUT2D eigenvalue weighted by Crippen LogP contribution is -2.39. The first-order valence-electron chi connectivity index (χ1n) is 5.99. The number of nitrogens with one attached hydrogen (secondary N) is 1. The van der Waals surface area contributed by atoms with Crippen LogP contribution in [0.2, 0.25) is 0 Å². The molecule has 0 aliphatic heterocycles. The summed E-state index contributed by atoms with van der Waals surface area (Å²) in [5, 5.41) is 3.16. The van der Waals surface area contributed by atoms with Crippen LogP contribution in [0.5, 0.6) is 0 Å². The van der Waals surface area contributed by atoms with Crippen molar-refractivity contribution < 1.29 is 13.9 Å². The molecule has 0 spiro atoms. The number of oxazole rings is 1. The fraction of sp³-hybridized carbons (Fsp3) is 0.667. The Labute approximate surface area is 101 Å². The van der Waals surface area contributed by atoms with Gasteiger partial charge in [0.15, 0.2) is 0 Å². The minimum Gasteiger partial charge on any atom is -0.468 e. The van der Waals surface area contributed by atoms with Gasteiger partial charge in [0.1, 0.15) is 11.8 Å². The molecule has 1 atom stereocenters. The zero-order chi connectivity index (χ0) is 12.3. The van der Waals surface area contributed by atoms with Gasteiger partial charge in [-0.2, -0.15) is 0 Å². The molecule has 1 N–H and O–H groups in total. The average molecular weight is 238 g/mol. The van der Waals surface area contributed by atoms with Crippen LogP contribution in [-0.2, 0) is 22.5 Å². The van der Waals surface area contributed by atoms with E-state index in [4.69, 9.17) is 9.15 Å². The van der Waals surface area contributed by atoms with Crippen molar-refractivity contribution in [3.8, 4) is 0 Å². The number of carbonyl (C=O) groups excluding carboxylic acids is 1. The third-order valence-electron chi connectivity index (χ3n) is 2.97. The largest absolute Gasteiger partial charge is 0.468 e. The maximum absolute atomic E-state index is 11.5. The number of ether oxygens (including phenoxy) is 1. The van der Waals surface area contributed by atoms with Crippen LogP contribution in [0.1, 0.15) is 31.4 Å². The highest BCUT2D eigenvalue weighted by Crippen LogP contribution is 2.33. The molecule has 1 aliphatic carbocycles. The molecule has 0 radical (unpaired) electrons. The predicted molar refractivity (Wildman–Crippen MR) is 61.2 cm³/mol. The van der Waals surface area contributed by atoms with Crippen molar-refractivity contribution in [3.63, 3.8) is 0 Å². The normalized spacial score (nSPS) is 16.8. The minimum atomic E-state index is -0.225. The summed E-state index contributed by atoms with van der Waals surface area (Å²) in [6.07, 6.45) is 4.72. The van der Waals surface area contributed by atoms with E-state index in [9.17, 15) is 4.79 Å². The molecule has 5 heteroatoms. The van der Waals surface area contributed by atoms with Gasteiger partial charge < -0.3 is 9.15 Å². The quantitative estimate of drug-likeness (QED) is 0.756. The third-order valence-corrected chi connectivity index (χ3v) is 2.97. The van der Waals surface area contributed by atoms with Crippen molar-refractivity contribution in [1.29, 1.82) is 0 Å². The maximum Gasteiger partial charge on any atom is 0.323 e. The molecule has 0 aromatic carbocycles. The number of rotatable bonds is 6. The molecule has 1 fully saturated rings. The summed E-state index contributed by atoms with van der Waals surface area (Å²) in [5.74, 6) is 1.69. The minimum absolute atomic E-state index is 0.199. The number of nitrogens with zero attached hydrogens (tertiary/aromatic N) is 1. The molecule has 1 heterocycles. The van der Waals surface area contributed by atoms with Gasteiger partial charge in [-0.25, -0.2) is 4.98 Å². The molecular weight excluding hydrogens is 220 g/mol. The van der Waals surface area contributed by atoms with Crippen molar-refractivity contribution in [2.24, 2.45) is 5.92 Å². The zero-order valence-electron chi connectivity index (χ0n) is 10.2. The van der Waals surface area contributed by atoms with E-state index < -0.39 is 0 Å². The van der Waals surface area contributed by atoms with Crippen molar-refractivity contribution in [1.82, 2.24) is 10.3 Å². The van der Waals surface area contributed by atoms with E-state index in [1.54, 1.807) is 6.20 Å². The number of hydrogen-bond donors (Lipinski definition) is 1. The molecule has 0 amide bonds. The second-order valence-electron chi connectivity index (χ2n) is 4.29. The first-order valence-corrected chi connectivity index (χ1v) is 5.99. The van der Waals surface area contributed by atoms with E-state index in [1.807, 2.05) is 6.92 Å². The summed E-state index contributed by atoms with van der Waals surface area (Å²) < 4.78 is 10.2. The Kier molecular flexibility index (Phi) is 3.78. The molecule has 0 saturated heterocycles. The second kappa shape index (κ2) is 5.31. The van der Waals surface area contributed by atoms with Crippen molar-refractivity contribution in [2.75, 3.05) is 7.11 Å². The average Bonchev–Trinajstić information content (AvgIpc) is 3.07. The van der Waals surface area contributed by atoms with E-state index >= 15 is 0 Å². The second-order valence-corrected chi connectivity index (χ2v) is 4.29. The lowest BCUT2D eigenvalue weighted by Gasteiger charge is -2.14. The van der Waals surface area contributed by atoms with Crippen LogP contribution in [0.3, 0.4) is 0 Å². The van der Waals surface area contributed by atoms with Crippen LogP contribution < -0.4 is 5.32 Å². The van der Waals surface area contributed by atoms with Crippen LogP contribution in [0.4, 0.5) is 0 Å². The summed E-state index contributed by atoms with van der Waals surface area (Å²) in [5.41, 5.74) is 0. The highest BCUT2D eigenvalue weighted by atomic mass is 16.5. The van der Waals surface area contributed by atoms with E-state index in [-0.39, 0.29) is 12.0 Å². The number of methoxy groups -OCH3 is 1. The Bertz CT molecular complexity index is 385. The Hall–Kier alpha value is -1.36. The molecule has 1 aromatic heterocycles. The number of aromatic nitrogens is 1. The van der Waals surface area contributed by atoms with Crippen molar-refractivity contribution >= 4 is 5.97 Å². The van der Waals surface area contributed by atoms with Gasteiger partial charge in [-0.1, -0.05) is 6.92 Å². The molecule has 0 bridgehead atoms. The Morgan fingerprint density at radius 1 is 1.71 bits per heavy atom. The summed E-state index contributed by atoms with van der Waals surface area (Å²) >= 11 is 0. The first kappa shape index (κ1) is 12.1. The van der Waals surface area contributed by atoms with Crippen LogP contribution in [0, 0.1) is 5.92 Å². The monoisotopic (exact) mass is 238 g/mol. The topological polar surface area (TPSA) is 64.4 Å². The van der Waals surface area contributed by atoms with Crippen LogP contribution >= 0.6 is 0 Å². The molecule has 5 nitrogen and oxygen atoms in total. The highest BCUT2D eigenvalue weighted by Gasteiger charge is 2.36. The summed E-state index contributed by atoms with van der Waals surface area (Å²) in [6, 6.07) is -0.225. The van der Waals surface area contributed by atoms with Crippen molar-refractivity contribution in [2.45, 2.75) is 38.8 Å². The fourth-order valence-electron chi connectivity index (χ4n) is 1.79. The Morgan fingerprint density at radius 3 is 3.00 bits per heavy atom. The maximum atomic E-state index is 11.5. The van der Waals surface area contributed by atoms with Gasteiger partial charge in [-0.3, -0.25) is 10.1 Å². The summed E-state index contributed by atoms with van der Waals surface area (Å²) in [7, 11) is 1.42.